The van der Waals surface area contributed by atoms with Crippen LogP contribution in [0.15, 0.2) is 41.3 Å². The first-order valence-electron chi connectivity index (χ1n) is 6.27. The molecule has 10 heteroatoms. The summed E-state index contributed by atoms with van der Waals surface area (Å²) in [6.07, 6.45) is 0. The van der Waals surface area contributed by atoms with E-state index in [0.717, 1.165) is 6.07 Å². The standard InChI is InChI=1S/C14H9Cl4NO4S/c15-8-1-3-11(17)13(5-8)19(7-14(20)21)24(22,23)9-2-4-10(16)12(18)6-9/h1-6H,7H2,(H,20,21). The van der Waals surface area contributed by atoms with Crippen LogP contribution in [0.4, 0.5) is 5.69 Å². The van der Waals surface area contributed by atoms with Gasteiger partial charge in [0.05, 0.1) is 25.7 Å². The first-order valence-corrected chi connectivity index (χ1v) is 9.23. The topological polar surface area (TPSA) is 74.7 Å². The summed E-state index contributed by atoms with van der Waals surface area (Å²) in [6.45, 7) is -0.845. The van der Waals surface area contributed by atoms with E-state index in [4.69, 9.17) is 51.5 Å². The van der Waals surface area contributed by atoms with Crippen molar-refractivity contribution in [2.24, 2.45) is 0 Å². The fraction of sp³-hybridized carbons (Fsp3) is 0.0714. The number of rotatable bonds is 5. The second-order valence-corrected chi connectivity index (χ2v) is 8.10. The van der Waals surface area contributed by atoms with Crippen molar-refractivity contribution in [3.05, 3.63) is 56.5 Å². The Balaban J connectivity index is 2.64. The molecule has 128 valence electrons. The lowest BCUT2D eigenvalue weighted by Crippen LogP contribution is -2.36. The van der Waals surface area contributed by atoms with Crippen LogP contribution in [0.1, 0.15) is 0 Å². The number of sulfonamides is 1. The first-order chi connectivity index (χ1) is 11.1. The molecule has 5 nitrogen and oxygen atoms in total. The largest absolute Gasteiger partial charge is 0.480 e. The van der Waals surface area contributed by atoms with Crippen LogP contribution in [-0.2, 0) is 14.8 Å². The molecule has 2 aromatic rings. The van der Waals surface area contributed by atoms with E-state index >= 15 is 0 Å². The first kappa shape index (κ1) is 19.1. The van der Waals surface area contributed by atoms with Crippen LogP contribution in [0.25, 0.3) is 0 Å². The maximum Gasteiger partial charge on any atom is 0.324 e. The van der Waals surface area contributed by atoms with E-state index in [1.807, 2.05) is 0 Å². The summed E-state index contributed by atoms with van der Waals surface area (Å²) in [4.78, 5) is 10.9. The van der Waals surface area contributed by atoms with Gasteiger partial charge in [0.15, 0.2) is 0 Å². The van der Waals surface area contributed by atoms with Gasteiger partial charge >= 0.3 is 5.97 Å². The van der Waals surface area contributed by atoms with Gasteiger partial charge in [0, 0.05) is 5.02 Å². The number of carboxylic acid groups (broad SMARTS) is 1. The molecule has 0 atom stereocenters. The number of aliphatic carboxylic acids is 1. The molecule has 0 bridgehead atoms. The number of nitrogens with zero attached hydrogens (tertiary/aromatic N) is 1. The minimum Gasteiger partial charge on any atom is -0.480 e. The van der Waals surface area contributed by atoms with E-state index in [1.165, 1.54) is 30.3 Å². The monoisotopic (exact) mass is 427 g/mol. The third-order valence-corrected chi connectivity index (χ3v) is 5.98. The molecule has 0 amide bonds. The number of halogens is 4. The summed E-state index contributed by atoms with van der Waals surface area (Å²) in [5.41, 5.74) is -0.0577. The van der Waals surface area contributed by atoms with Crippen LogP contribution in [0.5, 0.6) is 0 Å². The van der Waals surface area contributed by atoms with E-state index in [0.29, 0.717) is 4.31 Å². The van der Waals surface area contributed by atoms with Crippen molar-refractivity contribution in [2.45, 2.75) is 4.90 Å². The number of carbonyl (C=O) groups is 1. The van der Waals surface area contributed by atoms with Crippen molar-refractivity contribution in [3.63, 3.8) is 0 Å². The molecule has 0 fully saturated rings. The Morgan fingerprint density at radius 1 is 0.958 bits per heavy atom. The van der Waals surface area contributed by atoms with Gasteiger partial charge in [-0.15, -0.1) is 0 Å². The van der Waals surface area contributed by atoms with E-state index in [2.05, 4.69) is 0 Å². The van der Waals surface area contributed by atoms with E-state index in [9.17, 15) is 13.2 Å². The maximum atomic E-state index is 12.9. The molecule has 0 saturated heterocycles. The van der Waals surface area contributed by atoms with Crippen LogP contribution in [0.3, 0.4) is 0 Å². The highest BCUT2D eigenvalue weighted by molar-refractivity contribution is 7.92. The van der Waals surface area contributed by atoms with E-state index in [-0.39, 0.29) is 30.7 Å². The molecule has 2 rings (SSSR count). The predicted molar refractivity (Wildman–Crippen MR) is 95.1 cm³/mol. The van der Waals surface area contributed by atoms with Gasteiger partial charge in [-0.2, -0.15) is 0 Å². The van der Waals surface area contributed by atoms with Crippen molar-refractivity contribution in [1.82, 2.24) is 0 Å². The average molecular weight is 429 g/mol. The van der Waals surface area contributed by atoms with E-state index in [1.54, 1.807) is 0 Å². The van der Waals surface area contributed by atoms with Crippen LogP contribution in [0.2, 0.25) is 20.1 Å². The van der Waals surface area contributed by atoms with Crippen LogP contribution in [0, 0.1) is 0 Å². The van der Waals surface area contributed by atoms with Gasteiger partial charge in [0.2, 0.25) is 0 Å². The summed E-state index contributed by atoms with van der Waals surface area (Å²) < 4.78 is 26.4. The molecular weight excluding hydrogens is 420 g/mol. The predicted octanol–water partition coefficient (Wildman–Crippen LogP) is 4.58. The fourth-order valence-electron chi connectivity index (χ4n) is 1.86. The summed E-state index contributed by atoms with van der Waals surface area (Å²) in [5.74, 6) is -1.37. The minimum atomic E-state index is -4.26. The number of benzene rings is 2. The van der Waals surface area contributed by atoms with Crippen LogP contribution in [-0.4, -0.2) is 26.0 Å². The summed E-state index contributed by atoms with van der Waals surface area (Å²) >= 11 is 23.5. The molecule has 0 saturated carbocycles. The molecule has 0 aromatic heterocycles. The van der Waals surface area contributed by atoms with Crippen molar-refractivity contribution >= 4 is 68.1 Å². The molecule has 0 aliphatic rings. The molecule has 0 aliphatic heterocycles. The fourth-order valence-corrected chi connectivity index (χ4v) is 4.11. The quantitative estimate of drug-likeness (QED) is 0.756. The Hall–Kier alpha value is -1.18. The number of hydrogen-bond acceptors (Lipinski definition) is 3. The zero-order chi connectivity index (χ0) is 18.1. The molecule has 0 spiro atoms. The lowest BCUT2D eigenvalue weighted by Gasteiger charge is -2.24. The lowest BCUT2D eigenvalue weighted by atomic mass is 10.3. The molecule has 0 unspecified atom stereocenters. The lowest BCUT2D eigenvalue weighted by molar-refractivity contribution is -0.135. The Morgan fingerprint density at radius 2 is 1.58 bits per heavy atom. The summed E-state index contributed by atoms with van der Waals surface area (Å²) in [6, 6.07) is 7.75. The summed E-state index contributed by atoms with van der Waals surface area (Å²) in [5, 5.41) is 9.51. The van der Waals surface area contributed by atoms with Gasteiger partial charge in [-0.3, -0.25) is 9.10 Å². The van der Waals surface area contributed by atoms with Crippen molar-refractivity contribution < 1.29 is 18.3 Å². The maximum absolute atomic E-state index is 12.9. The molecular formula is C14H9Cl4NO4S. The molecule has 24 heavy (non-hydrogen) atoms. The average Bonchev–Trinajstić information content (AvgIpc) is 2.50. The van der Waals surface area contributed by atoms with Gasteiger partial charge in [0.1, 0.15) is 6.54 Å². The molecule has 0 radical (unpaired) electrons. The highest BCUT2D eigenvalue weighted by atomic mass is 35.5. The third kappa shape index (κ3) is 4.07. The zero-order valence-corrected chi connectivity index (χ0v) is 15.6. The molecule has 1 N–H and O–H groups in total. The minimum absolute atomic E-state index is 0.0187. The molecule has 2 aromatic carbocycles. The second kappa shape index (κ2) is 7.37. The smallest absolute Gasteiger partial charge is 0.324 e. The number of anilines is 1. The highest BCUT2D eigenvalue weighted by Crippen LogP contribution is 2.34. The van der Waals surface area contributed by atoms with Gasteiger partial charge in [0.25, 0.3) is 10.0 Å². The van der Waals surface area contributed by atoms with Gasteiger partial charge in [-0.1, -0.05) is 46.4 Å². The third-order valence-electron chi connectivity index (χ3n) is 2.93. The SMILES string of the molecule is O=C(O)CN(c1cc(Cl)ccc1Cl)S(=O)(=O)c1ccc(Cl)c(Cl)c1. The molecule has 0 heterocycles. The normalized spacial score (nSPS) is 11.3. The Bertz CT molecular complexity index is 902. The van der Waals surface area contributed by atoms with Gasteiger partial charge < -0.3 is 5.11 Å². The van der Waals surface area contributed by atoms with Gasteiger partial charge in [-0.25, -0.2) is 8.42 Å². The number of hydrogen-bond donors (Lipinski definition) is 1. The second-order valence-electron chi connectivity index (χ2n) is 4.58. The van der Waals surface area contributed by atoms with Crippen LogP contribution < -0.4 is 4.31 Å². The Labute approximate surface area is 158 Å². The highest BCUT2D eigenvalue weighted by Gasteiger charge is 2.29. The van der Waals surface area contributed by atoms with Crippen molar-refractivity contribution in [1.29, 1.82) is 0 Å². The summed E-state index contributed by atoms with van der Waals surface area (Å²) in [7, 11) is -4.26. The van der Waals surface area contributed by atoms with Crippen molar-refractivity contribution in [2.75, 3.05) is 10.8 Å². The van der Waals surface area contributed by atoms with E-state index < -0.39 is 22.5 Å². The zero-order valence-electron chi connectivity index (χ0n) is 11.7. The van der Waals surface area contributed by atoms with Crippen LogP contribution >= 0.6 is 46.4 Å². The van der Waals surface area contributed by atoms with Crippen molar-refractivity contribution in [3.8, 4) is 0 Å². The Kier molecular flexibility index (Phi) is 5.88. The Morgan fingerprint density at radius 3 is 2.17 bits per heavy atom. The molecule has 0 aliphatic carbocycles. The van der Waals surface area contributed by atoms with Gasteiger partial charge in [-0.05, 0) is 36.4 Å². The number of carboxylic acids is 1.